The minimum absolute atomic E-state index is 0.0162. The second kappa shape index (κ2) is 8.13. The van der Waals surface area contributed by atoms with Crippen LogP contribution in [-0.2, 0) is 28.0 Å². The number of nitrogens with two attached hydrogens (primary N) is 1. The lowest BCUT2D eigenvalue weighted by molar-refractivity contribution is -0.256. The fourth-order valence-corrected chi connectivity index (χ4v) is 4.91. The van der Waals surface area contributed by atoms with Crippen molar-refractivity contribution in [1.29, 1.82) is 0 Å². The Labute approximate surface area is 187 Å². The molecule has 0 radical (unpaired) electrons. The zero-order valence-electron chi connectivity index (χ0n) is 17.1. The molecule has 3 unspecified atom stereocenters. The van der Waals surface area contributed by atoms with E-state index in [0.29, 0.717) is 22.5 Å². The Bertz CT molecular complexity index is 1210. The number of hydrogen-bond donors (Lipinski definition) is 1. The van der Waals surface area contributed by atoms with Gasteiger partial charge in [0.05, 0.1) is 12.9 Å². The van der Waals surface area contributed by atoms with E-state index in [1.54, 1.807) is 35.2 Å². The van der Waals surface area contributed by atoms with Gasteiger partial charge in [-0.05, 0) is 12.1 Å². The van der Waals surface area contributed by atoms with Crippen LogP contribution in [0.4, 0.5) is 5.82 Å². The highest BCUT2D eigenvalue weighted by atomic mass is 31.2. The molecule has 2 fully saturated rings. The summed E-state index contributed by atoms with van der Waals surface area (Å²) >= 11 is 0. The van der Waals surface area contributed by atoms with Crippen molar-refractivity contribution in [3.63, 3.8) is 0 Å². The topological polar surface area (TPSA) is 151 Å². The van der Waals surface area contributed by atoms with Crippen molar-refractivity contribution in [2.24, 2.45) is 0 Å². The average molecular weight is 475 g/mol. The van der Waals surface area contributed by atoms with E-state index in [1.807, 2.05) is 0 Å². The Morgan fingerprint density at radius 3 is 2.85 bits per heavy atom. The van der Waals surface area contributed by atoms with Gasteiger partial charge in [-0.15, -0.1) is 0 Å². The van der Waals surface area contributed by atoms with E-state index < -0.39 is 45.6 Å². The van der Waals surface area contributed by atoms with E-state index in [2.05, 4.69) is 15.0 Å². The third kappa shape index (κ3) is 3.50. The summed E-state index contributed by atoms with van der Waals surface area (Å²) in [4.78, 5) is 24.7. The number of methoxy groups -OCH3 is 1. The molecule has 3 aliphatic heterocycles. The van der Waals surface area contributed by atoms with Crippen molar-refractivity contribution < 1.29 is 37.3 Å². The Morgan fingerprint density at radius 1 is 1.12 bits per heavy atom. The van der Waals surface area contributed by atoms with Crippen LogP contribution in [0.2, 0.25) is 0 Å². The van der Waals surface area contributed by atoms with E-state index >= 15 is 0 Å². The molecule has 2 saturated heterocycles. The minimum atomic E-state index is -1.95. The number of carbonyl (C=O) groups excluding carboxylic acids is 1. The molecule has 0 amide bonds. The van der Waals surface area contributed by atoms with Gasteiger partial charge in [0.25, 0.3) is 6.48 Å². The molecule has 0 aliphatic carbocycles. The zero-order chi connectivity index (χ0) is 22.5. The van der Waals surface area contributed by atoms with Gasteiger partial charge in [-0.2, -0.15) is 0 Å². The van der Waals surface area contributed by atoms with Crippen molar-refractivity contribution in [3.8, 4) is 5.75 Å². The fraction of sp³-hybridized carbons (Fsp3) is 0.368. The first-order chi connectivity index (χ1) is 16.1. The molecule has 3 aromatic rings. The third-order valence-corrected chi connectivity index (χ3v) is 6.48. The number of benzene rings is 1. The second-order valence-electron chi connectivity index (χ2n) is 7.36. The number of rotatable bonds is 5. The standard InChI is InChI=1S/C19H18N5O8P/c1-26-19-29-13-11(6-27-33-31-10-5-3-2-4-9(10)18(25)32-33)28-17(14(13)30-19)24-8-23-12-15(20)21-7-22-16(12)24/h2-5,7-8,11,13-14,17,19H,6H2,1H3,(H2,20,21,22)/t11-,13?,14+,17-,19?,33?/m1/s1. The first-order valence-corrected chi connectivity index (χ1v) is 11.1. The predicted molar refractivity (Wildman–Crippen MR) is 110 cm³/mol. The second-order valence-corrected chi connectivity index (χ2v) is 8.43. The molecule has 6 atom stereocenters. The van der Waals surface area contributed by atoms with Gasteiger partial charge in [-0.25, -0.2) is 19.7 Å². The van der Waals surface area contributed by atoms with Crippen molar-refractivity contribution >= 4 is 31.6 Å². The Kier molecular flexibility index (Phi) is 5.09. The highest BCUT2D eigenvalue weighted by Crippen LogP contribution is 2.48. The van der Waals surface area contributed by atoms with Crippen molar-refractivity contribution in [1.82, 2.24) is 19.5 Å². The maximum atomic E-state index is 12.2. The van der Waals surface area contributed by atoms with Crippen molar-refractivity contribution in [3.05, 3.63) is 42.5 Å². The predicted octanol–water partition coefficient (Wildman–Crippen LogP) is 1.51. The number of anilines is 1. The van der Waals surface area contributed by atoms with Gasteiger partial charge >= 0.3 is 14.6 Å². The maximum absolute atomic E-state index is 12.2. The molecule has 2 N–H and O–H groups in total. The third-order valence-electron chi connectivity index (χ3n) is 5.46. The van der Waals surface area contributed by atoms with E-state index in [9.17, 15) is 4.79 Å². The highest BCUT2D eigenvalue weighted by molar-refractivity contribution is 7.43. The van der Waals surface area contributed by atoms with Crippen LogP contribution in [0.1, 0.15) is 16.6 Å². The number of aromatic nitrogens is 4. The molecule has 14 heteroatoms. The van der Waals surface area contributed by atoms with Crippen molar-refractivity contribution in [2.45, 2.75) is 31.0 Å². The number of para-hydroxylation sites is 1. The first kappa shape index (κ1) is 20.7. The van der Waals surface area contributed by atoms with E-state index in [0.717, 1.165) is 0 Å². The summed E-state index contributed by atoms with van der Waals surface area (Å²) in [6.07, 6.45) is 0.601. The van der Waals surface area contributed by atoms with Gasteiger partial charge in [0.1, 0.15) is 41.5 Å². The summed E-state index contributed by atoms with van der Waals surface area (Å²) in [5, 5.41) is 0. The van der Waals surface area contributed by atoms with Gasteiger partial charge in [0, 0.05) is 7.11 Å². The molecule has 33 heavy (non-hydrogen) atoms. The average Bonchev–Trinajstić information content (AvgIpc) is 3.52. The molecule has 0 saturated carbocycles. The number of ether oxygens (including phenoxy) is 4. The monoisotopic (exact) mass is 475 g/mol. The zero-order valence-corrected chi connectivity index (χ0v) is 18.0. The van der Waals surface area contributed by atoms with Gasteiger partial charge in [-0.1, -0.05) is 12.1 Å². The summed E-state index contributed by atoms with van der Waals surface area (Å²) in [5.74, 6) is 0.156. The summed E-state index contributed by atoms with van der Waals surface area (Å²) < 4.78 is 41.6. The molecular formula is C19H18N5O8P. The Morgan fingerprint density at radius 2 is 1.97 bits per heavy atom. The molecule has 1 aromatic carbocycles. The summed E-state index contributed by atoms with van der Waals surface area (Å²) in [5.41, 5.74) is 7.19. The SMILES string of the molecule is COC1OC2[C@@H](COP3OC(=O)c4ccccc4O3)O[C@@H](n3cnc4c(N)ncnc43)[C@H]2O1. The first-order valence-electron chi connectivity index (χ1n) is 9.97. The van der Waals surface area contributed by atoms with E-state index in [-0.39, 0.29) is 12.4 Å². The summed E-state index contributed by atoms with van der Waals surface area (Å²) in [6, 6.07) is 6.80. The molecule has 5 heterocycles. The van der Waals surface area contributed by atoms with Crippen LogP contribution in [0, 0.1) is 0 Å². The molecule has 6 rings (SSSR count). The van der Waals surface area contributed by atoms with Gasteiger partial charge < -0.3 is 33.7 Å². The van der Waals surface area contributed by atoms with E-state index in [4.69, 9.17) is 38.3 Å². The number of fused-ring (bicyclic) bond motifs is 3. The van der Waals surface area contributed by atoms with Gasteiger partial charge in [0.15, 0.2) is 17.7 Å². The van der Waals surface area contributed by atoms with Crippen molar-refractivity contribution in [2.75, 3.05) is 19.5 Å². The van der Waals surface area contributed by atoms with Gasteiger partial charge in [-0.3, -0.25) is 9.09 Å². The molecule has 172 valence electrons. The molecular weight excluding hydrogens is 457 g/mol. The van der Waals surface area contributed by atoms with Crippen LogP contribution in [-0.4, -0.2) is 64.0 Å². The van der Waals surface area contributed by atoms with Crippen LogP contribution in [0.5, 0.6) is 5.75 Å². The largest absolute Gasteiger partial charge is 0.465 e. The normalized spacial score (nSPS) is 30.6. The van der Waals surface area contributed by atoms with E-state index in [1.165, 1.54) is 13.4 Å². The quantitative estimate of drug-likeness (QED) is 0.533. The lowest BCUT2D eigenvalue weighted by Crippen LogP contribution is -2.32. The highest BCUT2D eigenvalue weighted by Gasteiger charge is 2.54. The minimum Gasteiger partial charge on any atom is -0.417 e. The fourth-order valence-electron chi connectivity index (χ4n) is 3.95. The maximum Gasteiger partial charge on any atom is 0.465 e. The summed E-state index contributed by atoms with van der Waals surface area (Å²) in [7, 11) is -0.476. The van der Waals surface area contributed by atoms with Crippen LogP contribution in [0.3, 0.4) is 0 Å². The van der Waals surface area contributed by atoms with Crippen LogP contribution in [0.15, 0.2) is 36.9 Å². The lowest BCUT2D eigenvalue weighted by Gasteiger charge is -2.24. The number of carbonyl (C=O) groups is 1. The van der Waals surface area contributed by atoms with Crippen LogP contribution < -0.4 is 10.3 Å². The lowest BCUT2D eigenvalue weighted by atomic mass is 10.1. The van der Waals surface area contributed by atoms with Gasteiger partial charge in [0.2, 0.25) is 0 Å². The molecule has 0 spiro atoms. The van der Waals surface area contributed by atoms with Crippen LogP contribution in [0.25, 0.3) is 11.2 Å². The van der Waals surface area contributed by atoms with Crippen LogP contribution >= 0.6 is 8.60 Å². The Hall–Kier alpha value is -2.93. The number of nitrogen functional groups attached to an aromatic ring is 1. The number of nitrogens with zero attached hydrogens (tertiary/aromatic N) is 4. The number of imidazole rings is 1. The molecule has 3 aliphatic rings. The molecule has 0 bridgehead atoms. The number of hydrogen-bond acceptors (Lipinski definition) is 12. The molecule has 13 nitrogen and oxygen atoms in total. The smallest absolute Gasteiger partial charge is 0.417 e. The summed E-state index contributed by atoms with van der Waals surface area (Å²) in [6.45, 7) is -0.854. The molecule has 2 aromatic heterocycles. The Balaban J connectivity index is 1.22.